The molecule has 0 aliphatic carbocycles. The zero-order valence-corrected chi connectivity index (χ0v) is 12.3. The summed E-state index contributed by atoms with van der Waals surface area (Å²) in [4.78, 5) is 25.6. The second-order valence-corrected chi connectivity index (χ2v) is 6.74. The standard InChI is InChI=1S/C12H22N2O3S/c1-5-18(17)7-6-14-9(4)11(15)13-10(8(2)3)12(14)16/h8-10H,5-7H2,1-4H3,(H,13,15). The topological polar surface area (TPSA) is 66.5 Å². The predicted molar refractivity (Wildman–Crippen MR) is 71.5 cm³/mol. The summed E-state index contributed by atoms with van der Waals surface area (Å²) >= 11 is 0. The Labute approximate surface area is 111 Å². The van der Waals surface area contributed by atoms with Crippen LogP contribution in [-0.2, 0) is 20.4 Å². The van der Waals surface area contributed by atoms with Crippen LogP contribution in [0.15, 0.2) is 0 Å². The Bertz CT molecular complexity index is 357. The first kappa shape index (κ1) is 15.1. The average molecular weight is 274 g/mol. The van der Waals surface area contributed by atoms with E-state index in [1.165, 1.54) is 0 Å². The Balaban J connectivity index is 2.75. The van der Waals surface area contributed by atoms with Gasteiger partial charge in [-0.3, -0.25) is 13.8 Å². The number of carbonyl (C=O) groups excluding carboxylic acids is 2. The van der Waals surface area contributed by atoms with E-state index in [1.807, 2.05) is 20.8 Å². The second kappa shape index (κ2) is 6.31. The van der Waals surface area contributed by atoms with Crippen LogP contribution in [0.1, 0.15) is 27.7 Å². The van der Waals surface area contributed by atoms with Crippen LogP contribution in [0.4, 0.5) is 0 Å². The molecular weight excluding hydrogens is 252 g/mol. The Morgan fingerprint density at radius 3 is 2.50 bits per heavy atom. The van der Waals surface area contributed by atoms with E-state index in [1.54, 1.807) is 11.8 Å². The summed E-state index contributed by atoms with van der Waals surface area (Å²) in [5.41, 5.74) is 0. The van der Waals surface area contributed by atoms with Crippen LogP contribution in [-0.4, -0.2) is 51.1 Å². The molecule has 6 heteroatoms. The second-order valence-electron chi connectivity index (χ2n) is 4.87. The van der Waals surface area contributed by atoms with Gasteiger partial charge in [-0.1, -0.05) is 20.8 Å². The van der Waals surface area contributed by atoms with Gasteiger partial charge in [0.1, 0.15) is 12.1 Å². The lowest BCUT2D eigenvalue weighted by atomic mass is 9.98. The van der Waals surface area contributed by atoms with Crippen molar-refractivity contribution in [3.8, 4) is 0 Å². The molecule has 3 unspecified atom stereocenters. The SMILES string of the molecule is CCS(=O)CCN1C(=O)C(C(C)C)NC(=O)C1C. The van der Waals surface area contributed by atoms with Crippen molar-refractivity contribution in [1.82, 2.24) is 10.2 Å². The highest BCUT2D eigenvalue weighted by atomic mass is 32.2. The molecule has 0 aromatic carbocycles. The van der Waals surface area contributed by atoms with Crippen molar-refractivity contribution < 1.29 is 13.8 Å². The fourth-order valence-electron chi connectivity index (χ4n) is 1.95. The number of piperazine rings is 1. The molecule has 1 aliphatic rings. The smallest absolute Gasteiger partial charge is 0.246 e. The minimum Gasteiger partial charge on any atom is -0.342 e. The molecule has 2 amide bonds. The van der Waals surface area contributed by atoms with Gasteiger partial charge in [0, 0.05) is 28.9 Å². The van der Waals surface area contributed by atoms with Crippen molar-refractivity contribution >= 4 is 22.6 Å². The van der Waals surface area contributed by atoms with E-state index in [-0.39, 0.29) is 17.7 Å². The van der Waals surface area contributed by atoms with Gasteiger partial charge in [0.05, 0.1) is 0 Å². The van der Waals surface area contributed by atoms with Gasteiger partial charge in [0.2, 0.25) is 11.8 Å². The fraction of sp³-hybridized carbons (Fsp3) is 0.833. The molecule has 5 nitrogen and oxygen atoms in total. The Morgan fingerprint density at radius 2 is 2.00 bits per heavy atom. The van der Waals surface area contributed by atoms with Gasteiger partial charge in [0.25, 0.3) is 0 Å². The number of hydrogen-bond donors (Lipinski definition) is 1. The van der Waals surface area contributed by atoms with Crippen LogP contribution in [0, 0.1) is 5.92 Å². The third-order valence-electron chi connectivity index (χ3n) is 3.24. The lowest BCUT2D eigenvalue weighted by Crippen LogP contribution is -2.64. The first-order valence-electron chi connectivity index (χ1n) is 6.34. The van der Waals surface area contributed by atoms with E-state index in [9.17, 15) is 13.8 Å². The van der Waals surface area contributed by atoms with E-state index in [0.29, 0.717) is 18.1 Å². The largest absolute Gasteiger partial charge is 0.342 e. The quantitative estimate of drug-likeness (QED) is 0.775. The molecule has 1 fully saturated rings. The van der Waals surface area contributed by atoms with E-state index in [4.69, 9.17) is 0 Å². The maximum atomic E-state index is 12.2. The maximum absolute atomic E-state index is 12.2. The Hall–Kier alpha value is -0.910. The minimum absolute atomic E-state index is 0.0631. The average Bonchev–Trinajstić information content (AvgIpc) is 2.32. The highest BCUT2D eigenvalue weighted by Crippen LogP contribution is 2.15. The van der Waals surface area contributed by atoms with Crippen molar-refractivity contribution in [3.05, 3.63) is 0 Å². The first-order valence-corrected chi connectivity index (χ1v) is 7.83. The predicted octanol–water partition coefficient (Wildman–Crippen LogP) is 0.127. The monoisotopic (exact) mass is 274 g/mol. The lowest BCUT2D eigenvalue weighted by Gasteiger charge is -2.38. The summed E-state index contributed by atoms with van der Waals surface area (Å²) in [5.74, 6) is 0.884. The van der Waals surface area contributed by atoms with E-state index in [0.717, 1.165) is 0 Å². The van der Waals surface area contributed by atoms with Crippen molar-refractivity contribution in [2.75, 3.05) is 18.1 Å². The van der Waals surface area contributed by atoms with E-state index < -0.39 is 22.9 Å². The number of rotatable bonds is 5. The van der Waals surface area contributed by atoms with Crippen molar-refractivity contribution in [1.29, 1.82) is 0 Å². The molecule has 0 bridgehead atoms. The third-order valence-corrected chi connectivity index (χ3v) is 4.52. The Morgan fingerprint density at radius 1 is 1.39 bits per heavy atom. The van der Waals surface area contributed by atoms with Gasteiger partial charge >= 0.3 is 0 Å². The molecule has 0 aromatic heterocycles. The van der Waals surface area contributed by atoms with Crippen LogP contribution in [0.5, 0.6) is 0 Å². The summed E-state index contributed by atoms with van der Waals surface area (Å²) in [6.07, 6.45) is 0. The highest BCUT2D eigenvalue weighted by Gasteiger charge is 2.39. The number of nitrogens with zero attached hydrogens (tertiary/aromatic N) is 1. The van der Waals surface area contributed by atoms with Crippen molar-refractivity contribution in [3.63, 3.8) is 0 Å². The van der Waals surface area contributed by atoms with Crippen molar-refractivity contribution in [2.45, 2.75) is 39.8 Å². The molecule has 0 spiro atoms. The van der Waals surface area contributed by atoms with Gasteiger partial charge in [-0.25, -0.2) is 0 Å². The molecule has 104 valence electrons. The molecule has 1 aliphatic heterocycles. The lowest BCUT2D eigenvalue weighted by molar-refractivity contribution is -0.149. The van der Waals surface area contributed by atoms with Crippen LogP contribution in [0.3, 0.4) is 0 Å². The normalized spacial score (nSPS) is 26.4. The van der Waals surface area contributed by atoms with Gasteiger partial charge in [-0.15, -0.1) is 0 Å². The highest BCUT2D eigenvalue weighted by molar-refractivity contribution is 7.84. The molecule has 0 aromatic rings. The minimum atomic E-state index is -0.917. The van der Waals surface area contributed by atoms with Gasteiger partial charge < -0.3 is 10.2 Å². The third kappa shape index (κ3) is 3.31. The molecule has 0 radical (unpaired) electrons. The van der Waals surface area contributed by atoms with E-state index in [2.05, 4.69) is 5.32 Å². The van der Waals surface area contributed by atoms with Crippen molar-refractivity contribution in [2.24, 2.45) is 5.92 Å². The van der Waals surface area contributed by atoms with Crippen LogP contribution >= 0.6 is 0 Å². The number of nitrogens with one attached hydrogen (secondary N) is 1. The van der Waals surface area contributed by atoms with Gasteiger partial charge in [0.15, 0.2) is 0 Å². The molecule has 1 heterocycles. The first-order chi connectivity index (χ1) is 8.38. The summed E-state index contributed by atoms with van der Waals surface area (Å²) < 4.78 is 11.4. The van der Waals surface area contributed by atoms with Gasteiger partial charge in [-0.05, 0) is 12.8 Å². The summed E-state index contributed by atoms with van der Waals surface area (Å²) in [6.45, 7) is 7.75. The molecule has 1 saturated heterocycles. The van der Waals surface area contributed by atoms with Crippen LogP contribution in [0.2, 0.25) is 0 Å². The fourth-order valence-corrected chi connectivity index (χ4v) is 2.64. The zero-order chi connectivity index (χ0) is 13.9. The van der Waals surface area contributed by atoms with Crippen LogP contribution in [0.25, 0.3) is 0 Å². The molecule has 3 atom stereocenters. The maximum Gasteiger partial charge on any atom is 0.246 e. The van der Waals surface area contributed by atoms with E-state index >= 15 is 0 Å². The molecule has 0 saturated carbocycles. The number of hydrogen-bond acceptors (Lipinski definition) is 3. The molecule has 18 heavy (non-hydrogen) atoms. The number of amides is 2. The molecular formula is C12H22N2O3S. The molecule has 1 rings (SSSR count). The summed E-state index contributed by atoms with van der Waals surface area (Å²) in [7, 11) is -0.917. The Kier molecular flexibility index (Phi) is 5.31. The summed E-state index contributed by atoms with van der Waals surface area (Å²) in [5, 5.41) is 2.74. The van der Waals surface area contributed by atoms with Crippen LogP contribution < -0.4 is 5.32 Å². The summed E-state index contributed by atoms with van der Waals surface area (Å²) in [6, 6.07) is -0.926. The van der Waals surface area contributed by atoms with Gasteiger partial charge in [-0.2, -0.15) is 0 Å². The molecule has 1 N–H and O–H groups in total. The number of carbonyl (C=O) groups is 2. The zero-order valence-electron chi connectivity index (χ0n) is 11.4.